The molecule has 0 saturated carbocycles. The van der Waals surface area contributed by atoms with Crippen molar-refractivity contribution in [2.45, 2.75) is 19.5 Å². The van der Waals surface area contributed by atoms with Crippen LogP contribution in [0.5, 0.6) is 0 Å². The van der Waals surface area contributed by atoms with Gasteiger partial charge in [-0.15, -0.1) is 0 Å². The number of carbonyl (C=O) groups is 2. The Kier molecular flexibility index (Phi) is 4.58. The maximum atomic E-state index is 13.8. The third-order valence-corrected chi connectivity index (χ3v) is 6.18. The Morgan fingerprint density at radius 3 is 2.62 bits per heavy atom. The lowest BCUT2D eigenvalue weighted by atomic mass is 9.92. The van der Waals surface area contributed by atoms with Gasteiger partial charge in [-0.2, -0.15) is 0 Å². The average Bonchev–Trinajstić information content (AvgIpc) is 3.21. The number of H-pyrrole nitrogens is 2. The number of benzene rings is 2. The van der Waals surface area contributed by atoms with E-state index < -0.39 is 17.4 Å². The molecule has 0 spiro atoms. The summed E-state index contributed by atoms with van der Waals surface area (Å²) >= 11 is 0. The molecule has 0 saturated heterocycles. The van der Waals surface area contributed by atoms with Crippen molar-refractivity contribution < 1.29 is 14.0 Å². The third-order valence-electron chi connectivity index (χ3n) is 6.18. The van der Waals surface area contributed by atoms with Crippen LogP contribution in [-0.4, -0.2) is 45.2 Å². The van der Waals surface area contributed by atoms with Crippen molar-refractivity contribution in [1.29, 1.82) is 0 Å². The highest BCUT2D eigenvalue weighted by molar-refractivity contribution is 5.98. The molecular formula is C24H21FN4O3. The fraction of sp³-hybridized carbons (Fsp3) is 0.208. The van der Waals surface area contributed by atoms with Gasteiger partial charge < -0.3 is 19.8 Å². The first-order chi connectivity index (χ1) is 15.3. The molecule has 32 heavy (non-hydrogen) atoms. The quantitative estimate of drug-likeness (QED) is 0.509. The smallest absolute Gasteiger partial charge is 0.270 e. The molecule has 1 atom stereocenters. The first-order valence-corrected chi connectivity index (χ1v) is 10.3. The lowest BCUT2D eigenvalue weighted by Crippen LogP contribution is -2.45. The van der Waals surface area contributed by atoms with Gasteiger partial charge in [0.15, 0.2) is 0 Å². The van der Waals surface area contributed by atoms with Crippen LogP contribution in [-0.2, 0) is 11.3 Å². The molecular weight excluding hydrogens is 411 g/mol. The number of nitrogens with one attached hydrogen (secondary N) is 2. The third kappa shape index (κ3) is 3.15. The van der Waals surface area contributed by atoms with E-state index in [2.05, 4.69) is 9.97 Å². The molecule has 1 aliphatic rings. The van der Waals surface area contributed by atoms with E-state index in [1.54, 1.807) is 29.0 Å². The van der Waals surface area contributed by atoms with Gasteiger partial charge >= 0.3 is 0 Å². The molecule has 2 aromatic carbocycles. The molecule has 1 aliphatic heterocycles. The van der Waals surface area contributed by atoms with E-state index in [-0.39, 0.29) is 30.3 Å². The van der Waals surface area contributed by atoms with Crippen LogP contribution in [0, 0.1) is 5.82 Å². The van der Waals surface area contributed by atoms with Crippen LogP contribution in [0.1, 0.15) is 34.7 Å². The van der Waals surface area contributed by atoms with Gasteiger partial charge in [0, 0.05) is 42.7 Å². The summed E-state index contributed by atoms with van der Waals surface area (Å²) < 4.78 is 13.8. The zero-order valence-electron chi connectivity index (χ0n) is 17.6. The highest BCUT2D eigenvalue weighted by Gasteiger charge is 2.34. The first-order valence-electron chi connectivity index (χ1n) is 10.3. The summed E-state index contributed by atoms with van der Waals surface area (Å²) in [5, 5.41) is 1.72. The minimum absolute atomic E-state index is 0.160. The molecule has 2 amide bonds. The van der Waals surface area contributed by atoms with E-state index >= 15 is 0 Å². The lowest BCUT2D eigenvalue weighted by Gasteiger charge is -2.39. The zero-order valence-corrected chi connectivity index (χ0v) is 17.6. The average molecular weight is 432 g/mol. The topological polar surface area (TPSA) is 89.3 Å². The number of para-hydroxylation sites is 1. The van der Waals surface area contributed by atoms with Crippen molar-refractivity contribution in [3.63, 3.8) is 0 Å². The number of hydrogen-bond donors (Lipinski definition) is 2. The number of likely N-dealkylation sites (N-methyl/N-ethyl adjacent to an activating group) is 1. The molecule has 3 heterocycles. The Hall–Kier alpha value is -3.94. The maximum absolute atomic E-state index is 13.8. The van der Waals surface area contributed by atoms with Crippen LogP contribution in [0.15, 0.2) is 53.3 Å². The minimum Gasteiger partial charge on any atom is -0.351 e. The van der Waals surface area contributed by atoms with Crippen molar-refractivity contribution in [2.24, 2.45) is 0 Å². The molecule has 5 rings (SSSR count). The Morgan fingerprint density at radius 2 is 1.88 bits per heavy atom. The van der Waals surface area contributed by atoms with Gasteiger partial charge in [-0.05, 0) is 29.7 Å². The lowest BCUT2D eigenvalue weighted by molar-refractivity contribution is -0.130. The number of rotatable bonds is 2. The first kappa shape index (κ1) is 20.0. The van der Waals surface area contributed by atoms with Crippen molar-refractivity contribution in [3.8, 4) is 0 Å². The fourth-order valence-electron chi connectivity index (χ4n) is 4.51. The summed E-state index contributed by atoms with van der Waals surface area (Å²) in [5.41, 5.74) is 2.13. The number of pyridine rings is 1. The molecule has 0 unspecified atom stereocenters. The number of halogens is 1. The standard InChI is InChI=1S/C24H21FN4O3/c1-13(30)29-11-20-22(16-8-7-15(25)10-17(16)23(31)27-20)21(12-29)28(2)24(32)19-9-14-5-3-4-6-18(14)26-19/h3-10,21,26H,11-12H2,1-2H3,(H,27,31)/t21-/m1/s1. The second-order valence-electron chi connectivity index (χ2n) is 8.14. The number of amides is 2. The Morgan fingerprint density at radius 1 is 1.09 bits per heavy atom. The number of aromatic nitrogens is 2. The molecule has 8 heteroatoms. The van der Waals surface area contributed by atoms with E-state index in [9.17, 15) is 18.8 Å². The van der Waals surface area contributed by atoms with Crippen molar-refractivity contribution in [3.05, 3.63) is 81.7 Å². The second kappa shape index (κ2) is 7.33. The molecule has 0 aliphatic carbocycles. The van der Waals surface area contributed by atoms with Crippen LogP contribution < -0.4 is 5.56 Å². The van der Waals surface area contributed by atoms with E-state index in [0.29, 0.717) is 16.8 Å². The summed E-state index contributed by atoms with van der Waals surface area (Å²) in [6, 6.07) is 12.9. The molecule has 162 valence electrons. The SMILES string of the molecule is CC(=O)N1Cc2[nH]c(=O)c3cc(F)ccc3c2[C@H](N(C)C(=O)c2cc3ccccc3[nH]2)C1. The molecule has 0 radical (unpaired) electrons. The van der Waals surface area contributed by atoms with Gasteiger partial charge in [0.25, 0.3) is 11.5 Å². The molecule has 2 N–H and O–H groups in total. The molecule has 4 aromatic rings. The van der Waals surface area contributed by atoms with E-state index in [1.807, 2.05) is 24.3 Å². The van der Waals surface area contributed by atoms with E-state index in [1.165, 1.54) is 19.1 Å². The van der Waals surface area contributed by atoms with Gasteiger partial charge in [-0.3, -0.25) is 14.4 Å². The van der Waals surface area contributed by atoms with Crippen LogP contribution in [0.25, 0.3) is 21.7 Å². The van der Waals surface area contributed by atoms with Crippen LogP contribution in [0.2, 0.25) is 0 Å². The predicted molar refractivity (Wildman–Crippen MR) is 119 cm³/mol. The molecule has 2 aromatic heterocycles. The number of nitrogens with zero attached hydrogens (tertiary/aromatic N) is 2. The Labute approximate surface area is 182 Å². The largest absolute Gasteiger partial charge is 0.351 e. The van der Waals surface area contributed by atoms with Crippen molar-refractivity contribution in [2.75, 3.05) is 13.6 Å². The molecule has 0 bridgehead atoms. The van der Waals surface area contributed by atoms with Crippen LogP contribution >= 0.6 is 0 Å². The highest BCUT2D eigenvalue weighted by Crippen LogP contribution is 2.35. The van der Waals surface area contributed by atoms with E-state index in [0.717, 1.165) is 16.5 Å². The summed E-state index contributed by atoms with van der Waals surface area (Å²) in [5.74, 6) is -0.917. The van der Waals surface area contributed by atoms with Gasteiger partial charge in [-0.25, -0.2) is 4.39 Å². The minimum atomic E-state index is -0.522. The molecule has 7 nitrogen and oxygen atoms in total. The van der Waals surface area contributed by atoms with Crippen LogP contribution in [0.4, 0.5) is 4.39 Å². The Balaban J connectivity index is 1.65. The van der Waals surface area contributed by atoms with Crippen molar-refractivity contribution in [1.82, 2.24) is 19.8 Å². The zero-order chi connectivity index (χ0) is 22.6. The maximum Gasteiger partial charge on any atom is 0.270 e. The van der Waals surface area contributed by atoms with Crippen LogP contribution in [0.3, 0.4) is 0 Å². The Bertz CT molecular complexity index is 1420. The summed E-state index contributed by atoms with van der Waals surface area (Å²) in [7, 11) is 1.67. The summed E-state index contributed by atoms with van der Waals surface area (Å²) in [6.07, 6.45) is 0. The van der Waals surface area contributed by atoms with Gasteiger partial charge in [0.1, 0.15) is 11.5 Å². The van der Waals surface area contributed by atoms with Gasteiger partial charge in [0.2, 0.25) is 5.91 Å². The number of fused-ring (bicyclic) bond motifs is 4. The highest BCUT2D eigenvalue weighted by atomic mass is 19.1. The van der Waals surface area contributed by atoms with E-state index in [4.69, 9.17) is 0 Å². The number of carbonyl (C=O) groups excluding carboxylic acids is 2. The molecule has 0 fully saturated rings. The number of aromatic amines is 2. The van der Waals surface area contributed by atoms with Gasteiger partial charge in [-0.1, -0.05) is 24.3 Å². The monoisotopic (exact) mass is 432 g/mol. The van der Waals surface area contributed by atoms with Crippen molar-refractivity contribution >= 4 is 33.5 Å². The fourth-order valence-corrected chi connectivity index (χ4v) is 4.51. The number of hydrogen-bond acceptors (Lipinski definition) is 3. The van der Waals surface area contributed by atoms with Gasteiger partial charge in [0.05, 0.1) is 18.0 Å². The summed E-state index contributed by atoms with van der Waals surface area (Å²) in [4.78, 5) is 47.3. The second-order valence-corrected chi connectivity index (χ2v) is 8.14. The summed E-state index contributed by atoms with van der Waals surface area (Å²) in [6.45, 7) is 1.94. The normalized spacial score (nSPS) is 15.7. The predicted octanol–water partition coefficient (Wildman–Crippen LogP) is 3.32.